The van der Waals surface area contributed by atoms with E-state index in [1.807, 2.05) is 12.1 Å². The molecule has 0 amide bonds. The van der Waals surface area contributed by atoms with Crippen molar-refractivity contribution in [2.75, 3.05) is 13.1 Å². The number of hydrogen-bond acceptors (Lipinski definition) is 3. The third-order valence-electron chi connectivity index (χ3n) is 3.97. The molecule has 2 N–H and O–H groups in total. The van der Waals surface area contributed by atoms with Gasteiger partial charge in [0.05, 0.1) is 0 Å². The second kappa shape index (κ2) is 6.06. The van der Waals surface area contributed by atoms with E-state index in [0.29, 0.717) is 6.54 Å². The molecule has 1 aliphatic heterocycles. The number of rotatable bonds is 4. The molecule has 0 saturated carbocycles. The molecule has 2 rings (SSSR count). The van der Waals surface area contributed by atoms with E-state index in [-0.39, 0.29) is 17.2 Å². The van der Waals surface area contributed by atoms with Crippen LogP contribution in [0.25, 0.3) is 0 Å². The van der Waals surface area contributed by atoms with Crippen molar-refractivity contribution in [2.24, 2.45) is 11.1 Å². The number of piperidine rings is 1. The highest BCUT2D eigenvalue weighted by Gasteiger charge is 2.33. The average Bonchev–Trinajstić information content (AvgIpc) is 2.35. The van der Waals surface area contributed by atoms with Gasteiger partial charge in [0.25, 0.3) is 0 Å². The number of halogens is 2. The fraction of sp³-hybridized carbons (Fsp3) is 0.600. The molecule has 3 nitrogen and oxygen atoms in total. The van der Waals surface area contributed by atoms with Gasteiger partial charge in [0, 0.05) is 31.2 Å². The van der Waals surface area contributed by atoms with E-state index in [1.54, 1.807) is 12.1 Å². The lowest BCUT2D eigenvalue weighted by Crippen LogP contribution is -2.52. The zero-order chi connectivity index (χ0) is 14.8. The van der Waals surface area contributed by atoms with Crippen LogP contribution in [-0.2, 0) is 6.54 Å². The highest BCUT2D eigenvalue weighted by molar-refractivity contribution is 5.33. The summed E-state index contributed by atoms with van der Waals surface area (Å²) in [6.07, 6.45) is 0.921. The first-order valence-corrected chi connectivity index (χ1v) is 6.89. The molecule has 112 valence electrons. The lowest BCUT2D eigenvalue weighted by Gasteiger charge is -2.42. The molecule has 1 saturated heterocycles. The van der Waals surface area contributed by atoms with E-state index in [2.05, 4.69) is 23.5 Å². The first kappa shape index (κ1) is 15.2. The second-order valence-corrected chi connectivity index (χ2v) is 6.08. The van der Waals surface area contributed by atoms with Crippen LogP contribution in [0.4, 0.5) is 8.78 Å². The van der Waals surface area contributed by atoms with E-state index in [4.69, 9.17) is 5.73 Å². The lowest BCUT2D eigenvalue weighted by molar-refractivity contribution is -0.0510. The fourth-order valence-corrected chi connectivity index (χ4v) is 2.71. The van der Waals surface area contributed by atoms with Crippen molar-refractivity contribution >= 4 is 0 Å². The molecule has 1 unspecified atom stereocenters. The van der Waals surface area contributed by atoms with Gasteiger partial charge in [-0.2, -0.15) is 8.78 Å². The monoisotopic (exact) mass is 284 g/mol. The van der Waals surface area contributed by atoms with Gasteiger partial charge in [0.1, 0.15) is 5.75 Å². The molecular weight excluding hydrogens is 262 g/mol. The summed E-state index contributed by atoms with van der Waals surface area (Å²) in [5, 5.41) is 0. The van der Waals surface area contributed by atoms with Crippen LogP contribution in [0.3, 0.4) is 0 Å². The van der Waals surface area contributed by atoms with E-state index >= 15 is 0 Å². The minimum atomic E-state index is -2.79. The molecular formula is C15H22F2N2O. The van der Waals surface area contributed by atoms with E-state index < -0.39 is 6.61 Å². The van der Waals surface area contributed by atoms with E-state index in [1.165, 1.54) is 0 Å². The SMILES string of the molecule is CC1(C)CN(Cc2ccccc2OC(F)F)CCC1N. The highest BCUT2D eigenvalue weighted by Crippen LogP contribution is 2.30. The number of para-hydroxylation sites is 1. The van der Waals surface area contributed by atoms with Crippen LogP contribution in [0.5, 0.6) is 5.75 Å². The summed E-state index contributed by atoms with van der Waals surface area (Å²) < 4.78 is 29.4. The topological polar surface area (TPSA) is 38.5 Å². The number of hydrogen-bond donors (Lipinski definition) is 1. The summed E-state index contributed by atoms with van der Waals surface area (Å²) in [6, 6.07) is 7.15. The van der Waals surface area contributed by atoms with E-state index in [9.17, 15) is 8.78 Å². The second-order valence-electron chi connectivity index (χ2n) is 6.08. The standard InChI is InChI=1S/C15H22F2N2O/c1-15(2)10-19(8-7-13(15)18)9-11-5-3-4-6-12(11)20-14(16)17/h3-6,13-14H,7-10,18H2,1-2H3. The number of likely N-dealkylation sites (tertiary alicyclic amines) is 1. The Bertz CT molecular complexity index is 451. The smallest absolute Gasteiger partial charge is 0.387 e. The molecule has 0 aliphatic carbocycles. The van der Waals surface area contributed by atoms with Crippen LogP contribution in [0.1, 0.15) is 25.8 Å². The Balaban J connectivity index is 2.07. The molecule has 0 aromatic heterocycles. The summed E-state index contributed by atoms with van der Waals surface area (Å²) in [6.45, 7) is 3.85. The van der Waals surface area contributed by atoms with Gasteiger partial charge in [-0.15, -0.1) is 0 Å². The number of nitrogens with zero attached hydrogens (tertiary/aromatic N) is 1. The Morgan fingerprint density at radius 1 is 1.40 bits per heavy atom. The third kappa shape index (κ3) is 3.67. The summed E-state index contributed by atoms with van der Waals surface area (Å²) >= 11 is 0. The maximum atomic E-state index is 12.4. The molecule has 20 heavy (non-hydrogen) atoms. The van der Waals surface area contributed by atoms with Gasteiger partial charge >= 0.3 is 6.61 Å². The van der Waals surface area contributed by atoms with Crippen LogP contribution in [0, 0.1) is 5.41 Å². The average molecular weight is 284 g/mol. The Morgan fingerprint density at radius 3 is 2.75 bits per heavy atom. The van der Waals surface area contributed by atoms with Crippen LogP contribution in [-0.4, -0.2) is 30.6 Å². The molecule has 1 heterocycles. The van der Waals surface area contributed by atoms with Crippen molar-refractivity contribution in [2.45, 2.75) is 39.5 Å². The van der Waals surface area contributed by atoms with Crippen LogP contribution < -0.4 is 10.5 Å². The zero-order valence-corrected chi connectivity index (χ0v) is 12.0. The van der Waals surface area contributed by atoms with Crippen molar-refractivity contribution < 1.29 is 13.5 Å². The zero-order valence-electron chi connectivity index (χ0n) is 12.0. The molecule has 0 spiro atoms. The van der Waals surface area contributed by atoms with Crippen molar-refractivity contribution in [1.82, 2.24) is 4.90 Å². The van der Waals surface area contributed by atoms with E-state index in [0.717, 1.165) is 25.1 Å². The number of ether oxygens (including phenoxy) is 1. The normalized spacial score (nSPS) is 23.0. The molecule has 5 heteroatoms. The van der Waals surface area contributed by atoms with Gasteiger partial charge in [0.2, 0.25) is 0 Å². The summed E-state index contributed by atoms with van der Waals surface area (Å²) in [5.74, 6) is 0.259. The predicted molar refractivity (Wildman–Crippen MR) is 74.7 cm³/mol. The Labute approximate surface area is 118 Å². The van der Waals surface area contributed by atoms with Gasteiger partial charge in [-0.3, -0.25) is 4.90 Å². The number of alkyl halides is 2. The van der Waals surface area contributed by atoms with Gasteiger partial charge in [-0.05, 0) is 17.9 Å². The van der Waals surface area contributed by atoms with Crippen molar-refractivity contribution in [3.05, 3.63) is 29.8 Å². The van der Waals surface area contributed by atoms with Crippen LogP contribution in [0.2, 0.25) is 0 Å². The number of benzene rings is 1. The predicted octanol–water partition coefficient (Wildman–Crippen LogP) is 2.85. The molecule has 1 aliphatic rings. The van der Waals surface area contributed by atoms with Gasteiger partial charge in [-0.25, -0.2) is 0 Å². The highest BCUT2D eigenvalue weighted by atomic mass is 19.3. The van der Waals surface area contributed by atoms with Crippen molar-refractivity contribution in [3.63, 3.8) is 0 Å². The van der Waals surface area contributed by atoms with Crippen LogP contribution in [0.15, 0.2) is 24.3 Å². The Hall–Kier alpha value is -1.20. The van der Waals surface area contributed by atoms with Crippen LogP contribution >= 0.6 is 0 Å². The molecule has 1 aromatic carbocycles. The summed E-state index contributed by atoms with van der Waals surface area (Å²) in [5.41, 5.74) is 6.94. The molecule has 1 aromatic rings. The maximum absolute atomic E-state index is 12.4. The van der Waals surface area contributed by atoms with Crippen molar-refractivity contribution in [1.29, 1.82) is 0 Å². The van der Waals surface area contributed by atoms with Gasteiger partial charge in [-0.1, -0.05) is 32.0 Å². The van der Waals surface area contributed by atoms with Crippen molar-refractivity contribution in [3.8, 4) is 5.75 Å². The van der Waals surface area contributed by atoms with Gasteiger partial charge in [0.15, 0.2) is 0 Å². The molecule has 1 fully saturated rings. The first-order chi connectivity index (χ1) is 9.38. The first-order valence-electron chi connectivity index (χ1n) is 6.89. The number of nitrogens with two attached hydrogens (primary N) is 1. The molecule has 0 radical (unpaired) electrons. The maximum Gasteiger partial charge on any atom is 0.387 e. The third-order valence-corrected chi connectivity index (χ3v) is 3.97. The summed E-state index contributed by atoms with van der Waals surface area (Å²) in [4.78, 5) is 2.25. The molecule has 0 bridgehead atoms. The quantitative estimate of drug-likeness (QED) is 0.924. The minimum Gasteiger partial charge on any atom is -0.434 e. The largest absolute Gasteiger partial charge is 0.434 e. The Kier molecular flexibility index (Phi) is 4.60. The fourth-order valence-electron chi connectivity index (χ4n) is 2.71. The lowest BCUT2D eigenvalue weighted by atomic mass is 9.79. The minimum absolute atomic E-state index is 0.0385. The Morgan fingerprint density at radius 2 is 2.10 bits per heavy atom. The van der Waals surface area contributed by atoms with Gasteiger partial charge < -0.3 is 10.5 Å². The summed E-state index contributed by atoms with van der Waals surface area (Å²) in [7, 11) is 0. The molecule has 1 atom stereocenters.